The van der Waals surface area contributed by atoms with Crippen molar-refractivity contribution in [3.8, 4) is 11.8 Å². The third kappa shape index (κ3) is 1.80. The summed E-state index contributed by atoms with van der Waals surface area (Å²) in [6, 6.07) is 0.434. The van der Waals surface area contributed by atoms with Crippen molar-refractivity contribution in [1.82, 2.24) is 14.9 Å². The average Bonchev–Trinajstić information content (AvgIpc) is 2.75. The lowest BCUT2D eigenvalue weighted by Gasteiger charge is -2.08. The van der Waals surface area contributed by atoms with Crippen LogP contribution in [0, 0.1) is 11.8 Å². The number of hydrogen-bond donors (Lipinski definition) is 1. The van der Waals surface area contributed by atoms with Crippen LogP contribution in [0.2, 0.25) is 0 Å². The second-order valence-electron chi connectivity index (χ2n) is 3.45. The zero-order valence-electron chi connectivity index (χ0n) is 8.45. The van der Waals surface area contributed by atoms with E-state index in [0.717, 1.165) is 25.9 Å². The van der Waals surface area contributed by atoms with E-state index < -0.39 is 0 Å². The van der Waals surface area contributed by atoms with Crippen molar-refractivity contribution in [3.05, 3.63) is 18.2 Å². The van der Waals surface area contributed by atoms with Gasteiger partial charge in [-0.2, -0.15) is 0 Å². The van der Waals surface area contributed by atoms with Crippen molar-refractivity contribution in [2.24, 2.45) is 0 Å². The van der Waals surface area contributed by atoms with Crippen LogP contribution in [-0.4, -0.2) is 16.1 Å². The molecule has 0 bridgehead atoms. The Hall–Kier alpha value is -1.27. The molecule has 0 spiro atoms. The van der Waals surface area contributed by atoms with Crippen molar-refractivity contribution in [1.29, 1.82) is 0 Å². The van der Waals surface area contributed by atoms with Crippen molar-refractivity contribution in [2.75, 3.05) is 6.54 Å². The van der Waals surface area contributed by atoms with Crippen molar-refractivity contribution >= 4 is 0 Å². The Morgan fingerprint density at radius 1 is 1.71 bits per heavy atom. The summed E-state index contributed by atoms with van der Waals surface area (Å²) in [6.07, 6.45) is 5.99. The van der Waals surface area contributed by atoms with E-state index in [1.165, 1.54) is 5.82 Å². The van der Waals surface area contributed by atoms with Gasteiger partial charge < -0.3 is 9.88 Å². The maximum atomic E-state index is 4.34. The lowest BCUT2D eigenvalue weighted by molar-refractivity contribution is 0.529. The standard InChI is InChI=1S/C11H15N3/c1-2-3-4-6-12-10-5-8-14-9-7-13-11(10)14/h7,9-10,12H,4-6,8H2,1H3. The van der Waals surface area contributed by atoms with E-state index in [9.17, 15) is 0 Å². The number of aromatic nitrogens is 2. The zero-order chi connectivity index (χ0) is 9.80. The summed E-state index contributed by atoms with van der Waals surface area (Å²) < 4.78 is 2.21. The minimum atomic E-state index is 0.434. The molecule has 1 aromatic rings. The smallest absolute Gasteiger partial charge is 0.125 e. The van der Waals surface area contributed by atoms with Gasteiger partial charge >= 0.3 is 0 Å². The number of rotatable bonds is 3. The molecular weight excluding hydrogens is 174 g/mol. The van der Waals surface area contributed by atoms with Gasteiger partial charge in [0, 0.05) is 31.9 Å². The van der Waals surface area contributed by atoms with Crippen LogP contribution in [0.3, 0.4) is 0 Å². The van der Waals surface area contributed by atoms with Crippen LogP contribution in [0.1, 0.15) is 31.6 Å². The van der Waals surface area contributed by atoms with Crippen molar-refractivity contribution < 1.29 is 0 Å². The molecule has 0 amide bonds. The molecule has 2 rings (SSSR count). The van der Waals surface area contributed by atoms with Crippen LogP contribution < -0.4 is 5.32 Å². The Balaban J connectivity index is 1.85. The molecule has 1 atom stereocenters. The van der Waals surface area contributed by atoms with Gasteiger partial charge in [0.15, 0.2) is 0 Å². The molecule has 0 fully saturated rings. The van der Waals surface area contributed by atoms with Gasteiger partial charge in [0.05, 0.1) is 6.04 Å². The van der Waals surface area contributed by atoms with E-state index in [4.69, 9.17) is 0 Å². The van der Waals surface area contributed by atoms with Gasteiger partial charge in [-0.15, -0.1) is 11.8 Å². The predicted molar refractivity (Wildman–Crippen MR) is 55.7 cm³/mol. The Labute approximate surface area is 84.5 Å². The molecule has 1 aliphatic rings. The highest BCUT2D eigenvalue weighted by Gasteiger charge is 2.22. The maximum absolute atomic E-state index is 4.34. The largest absolute Gasteiger partial charge is 0.334 e. The fourth-order valence-electron chi connectivity index (χ4n) is 1.84. The first-order valence-electron chi connectivity index (χ1n) is 5.06. The van der Waals surface area contributed by atoms with E-state index in [1.54, 1.807) is 0 Å². The minimum absolute atomic E-state index is 0.434. The second-order valence-corrected chi connectivity index (χ2v) is 3.45. The van der Waals surface area contributed by atoms with Crippen molar-refractivity contribution in [2.45, 2.75) is 32.4 Å². The fraction of sp³-hybridized carbons (Fsp3) is 0.545. The van der Waals surface area contributed by atoms with Crippen LogP contribution in [0.25, 0.3) is 0 Å². The number of hydrogen-bond acceptors (Lipinski definition) is 2. The van der Waals surface area contributed by atoms with E-state index in [2.05, 4.69) is 26.7 Å². The Bertz CT molecular complexity index is 356. The molecule has 0 aliphatic carbocycles. The first kappa shape index (κ1) is 9.29. The molecule has 1 aromatic heterocycles. The van der Waals surface area contributed by atoms with E-state index in [0.29, 0.717) is 6.04 Å². The molecule has 2 heterocycles. The molecule has 0 aromatic carbocycles. The van der Waals surface area contributed by atoms with Gasteiger partial charge in [-0.1, -0.05) is 0 Å². The highest BCUT2D eigenvalue weighted by Crippen LogP contribution is 2.22. The van der Waals surface area contributed by atoms with Gasteiger partial charge in [0.1, 0.15) is 5.82 Å². The summed E-state index contributed by atoms with van der Waals surface area (Å²) in [5.41, 5.74) is 0. The van der Waals surface area contributed by atoms with Crippen molar-refractivity contribution in [3.63, 3.8) is 0 Å². The number of nitrogens with zero attached hydrogens (tertiary/aromatic N) is 2. The molecule has 3 heteroatoms. The third-order valence-corrected chi connectivity index (χ3v) is 2.54. The third-order valence-electron chi connectivity index (χ3n) is 2.54. The normalized spacial score (nSPS) is 18.8. The molecule has 1 aliphatic heterocycles. The van der Waals surface area contributed by atoms with Crippen LogP contribution >= 0.6 is 0 Å². The molecule has 0 saturated heterocycles. The molecule has 14 heavy (non-hydrogen) atoms. The van der Waals surface area contributed by atoms with Crippen LogP contribution in [0.4, 0.5) is 0 Å². The number of nitrogens with one attached hydrogen (secondary N) is 1. The van der Waals surface area contributed by atoms with Crippen LogP contribution in [-0.2, 0) is 6.54 Å². The van der Waals surface area contributed by atoms with Gasteiger partial charge in [-0.05, 0) is 13.3 Å². The van der Waals surface area contributed by atoms with Gasteiger partial charge in [0.2, 0.25) is 0 Å². The molecule has 1 unspecified atom stereocenters. The topological polar surface area (TPSA) is 29.9 Å². The Kier molecular flexibility index (Phi) is 2.85. The molecule has 0 radical (unpaired) electrons. The van der Waals surface area contributed by atoms with Gasteiger partial charge in [-0.25, -0.2) is 4.98 Å². The summed E-state index contributed by atoms with van der Waals surface area (Å²) in [4.78, 5) is 4.34. The fourth-order valence-corrected chi connectivity index (χ4v) is 1.84. The van der Waals surface area contributed by atoms with Gasteiger partial charge in [0.25, 0.3) is 0 Å². The predicted octanol–water partition coefficient (Wildman–Crippen LogP) is 1.33. The SMILES string of the molecule is CC#CCCNC1CCn2ccnc21. The maximum Gasteiger partial charge on any atom is 0.125 e. The molecule has 74 valence electrons. The van der Waals surface area contributed by atoms with E-state index >= 15 is 0 Å². The highest BCUT2D eigenvalue weighted by atomic mass is 15.1. The lowest BCUT2D eigenvalue weighted by atomic mass is 10.2. The molecule has 1 N–H and O–H groups in total. The lowest BCUT2D eigenvalue weighted by Crippen LogP contribution is -2.20. The molecular formula is C11H15N3. The monoisotopic (exact) mass is 189 g/mol. The summed E-state index contributed by atoms with van der Waals surface area (Å²) in [5.74, 6) is 7.12. The van der Waals surface area contributed by atoms with Gasteiger partial charge in [-0.3, -0.25) is 0 Å². The highest BCUT2D eigenvalue weighted by molar-refractivity contribution is 5.04. The molecule has 3 nitrogen and oxygen atoms in total. The van der Waals surface area contributed by atoms with Crippen LogP contribution in [0.15, 0.2) is 12.4 Å². The second kappa shape index (κ2) is 4.30. The number of fused-ring (bicyclic) bond motifs is 1. The Morgan fingerprint density at radius 2 is 2.64 bits per heavy atom. The molecule has 0 saturated carbocycles. The number of imidazole rings is 1. The first-order chi connectivity index (χ1) is 6.92. The first-order valence-corrected chi connectivity index (χ1v) is 5.06. The van der Waals surface area contributed by atoms with E-state index in [-0.39, 0.29) is 0 Å². The summed E-state index contributed by atoms with van der Waals surface area (Å²) in [5, 5.41) is 3.47. The summed E-state index contributed by atoms with van der Waals surface area (Å²) in [7, 11) is 0. The summed E-state index contributed by atoms with van der Waals surface area (Å²) >= 11 is 0. The average molecular weight is 189 g/mol. The van der Waals surface area contributed by atoms with E-state index in [1.807, 2.05) is 19.3 Å². The summed E-state index contributed by atoms with van der Waals surface area (Å²) in [6.45, 7) is 3.92. The Morgan fingerprint density at radius 3 is 3.50 bits per heavy atom. The van der Waals surface area contributed by atoms with Crippen LogP contribution in [0.5, 0.6) is 0 Å². The quantitative estimate of drug-likeness (QED) is 0.574. The zero-order valence-corrected chi connectivity index (χ0v) is 8.45. The number of aryl methyl sites for hydroxylation is 1. The minimum Gasteiger partial charge on any atom is -0.334 e.